The molecule has 3 aromatic rings. The molecule has 6 heteroatoms. The standard InChI is InChI=1S/C19H18N4O2/c1-13(24)14-5-3-6-15(9-14)22-18-11-19(21-12-20-18)23-16-7-4-8-17(10-16)25-2/h3-12H,1-2H3,(H2,20,21,22,23). The Hall–Kier alpha value is -3.41. The first kappa shape index (κ1) is 16.4. The molecule has 0 unspecified atom stereocenters. The maximum absolute atomic E-state index is 11.5. The van der Waals surface area contributed by atoms with Crippen LogP contribution < -0.4 is 15.4 Å². The molecule has 2 N–H and O–H groups in total. The lowest BCUT2D eigenvalue weighted by Crippen LogP contribution is -1.99. The van der Waals surface area contributed by atoms with Crippen molar-refractivity contribution in [3.05, 3.63) is 66.5 Å². The highest BCUT2D eigenvalue weighted by atomic mass is 16.5. The SMILES string of the molecule is COc1cccc(Nc2cc(Nc3cccc(C(C)=O)c3)ncn2)c1. The summed E-state index contributed by atoms with van der Waals surface area (Å²) in [4.78, 5) is 19.9. The minimum Gasteiger partial charge on any atom is -0.497 e. The monoisotopic (exact) mass is 334 g/mol. The first-order chi connectivity index (χ1) is 12.1. The van der Waals surface area contributed by atoms with E-state index >= 15 is 0 Å². The van der Waals surface area contributed by atoms with Gasteiger partial charge in [0.05, 0.1) is 7.11 Å². The zero-order chi connectivity index (χ0) is 17.6. The Morgan fingerprint density at radius 1 is 0.920 bits per heavy atom. The molecule has 0 amide bonds. The molecule has 2 aromatic carbocycles. The third-order valence-corrected chi connectivity index (χ3v) is 3.55. The van der Waals surface area contributed by atoms with Crippen molar-refractivity contribution >= 4 is 28.8 Å². The van der Waals surface area contributed by atoms with Crippen LogP contribution in [0.5, 0.6) is 5.75 Å². The van der Waals surface area contributed by atoms with Gasteiger partial charge < -0.3 is 15.4 Å². The topological polar surface area (TPSA) is 76.1 Å². The van der Waals surface area contributed by atoms with Gasteiger partial charge in [0.25, 0.3) is 0 Å². The van der Waals surface area contributed by atoms with Gasteiger partial charge >= 0.3 is 0 Å². The Labute approximate surface area is 145 Å². The van der Waals surface area contributed by atoms with E-state index in [0.717, 1.165) is 17.1 Å². The summed E-state index contributed by atoms with van der Waals surface area (Å²) in [5.41, 5.74) is 2.30. The molecular formula is C19H18N4O2. The molecule has 0 aliphatic carbocycles. The Morgan fingerprint density at radius 3 is 2.20 bits per heavy atom. The van der Waals surface area contributed by atoms with E-state index in [-0.39, 0.29) is 5.78 Å². The molecule has 0 spiro atoms. The normalized spacial score (nSPS) is 10.2. The van der Waals surface area contributed by atoms with Gasteiger partial charge in [-0.2, -0.15) is 0 Å². The molecule has 0 aliphatic rings. The number of carbonyl (C=O) groups is 1. The van der Waals surface area contributed by atoms with Gasteiger partial charge in [0, 0.05) is 29.1 Å². The van der Waals surface area contributed by atoms with Crippen LogP contribution in [0.4, 0.5) is 23.0 Å². The van der Waals surface area contributed by atoms with E-state index in [0.29, 0.717) is 17.2 Å². The van der Waals surface area contributed by atoms with Crippen molar-refractivity contribution in [3.8, 4) is 5.75 Å². The highest BCUT2D eigenvalue weighted by Gasteiger charge is 2.04. The Kier molecular flexibility index (Phi) is 4.89. The average molecular weight is 334 g/mol. The summed E-state index contributed by atoms with van der Waals surface area (Å²) in [5, 5.41) is 6.39. The lowest BCUT2D eigenvalue weighted by molar-refractivity contribution is 0.101. The molecule has 0 radical (unpaired) electrons. The molecule has 25 heavy (non-hydrogen) atoms. The van der Waals surface area contributed by atoms with Crippen LogP contribution in [-0.4, -0.2) is 22.9 Å². The van der Waals surface area contributed by atoms with Crippen molar-refractivity contribution in [2.24, 2.45) is 0 Å². The second kappa shape index (κ2) is 7.44. The van der Waals surface area contributed by atoms with Gasteiger partial charge in [0.15, 0.2) is 5.78 Å². The van der Waals surface area contributed by atoms with Crippen molar-refractivity contribution in [2.75, 3.05) is 17.7 Å². The minimum absolute atomic E-state index is 0.0201. The number of benzene rings is 2. The number of methoxy groups -OCH3 is 1. The van der Waals surface area contributed by atoms with Gasteiger partial charge in [-0.05, 0) is 31.2 Å². The van der Waals surface area contributed by atoms with Crippen LogP contribution in [0, 0.1) is 0 Å². The van der Waals surface area contributed by atoms with Crippen LogP contribution >= 0.6 is 0 Å². The maximum atomic E-state index is 11.5. The quantitative estimate of drug-likeness (QED) is 0.659. The number of hydrogen-bond donors (Lipinski definition) is 2. The number of hydrogen-bond acceptors (Lipinski definition) is 6. The first-order valence-corrected chi connectivity index (χ1v) is 7.75. The van der Waals surface area contributed by atoms with Gasteiger partial charge in [0.2, 0.25) is 0 Å². The third kappa shape index (κ3) is 4.32. The number of ether oxygens (including phenoxy) is 1. The zero-order valence-electron chi connectivity index (χ0n) is 14.0. The van der Waals surface area contributed by atoms with E-state index in [9.17, 15) is 4.79 Å². The van der Waals surface area contributed by atoms with E-state index in [4.69, 9.17) is 4.74 Å². The van der Waals surface area contributed by atoms with Crippen molar-refractivity contribution < 1.29 is 9.53 Å². The molecule has 0 saturated heterocycles. The zero-order valence-corrected chi connectivity index (χ0v) is 14.0. The van der Waals surface area contributed by atoms with Crippen molar-refractivity contribution in [2.45, 2.75) is 6.92 Å². The molecule has 0 atom stereocenters. The Morgan fingerprint density at radius 2 is 1.56 bits per heavy atom. The van der Waals surface area contributed by atoms with Crippen LogP contribution in [0.25, 0.3) is 0 Å². The molecule has 0 fully saturated rings. The van der Waals surface area contributed by atoms with E-state index in [1.807, 2.05) is 36.4 Å². The number of Topliss-reactive ketones (excluding diaryl/α,β-unsaturated/α-hetero) is 1. The van der Waals surface area contributed by atoms with Gasteiger partial charge in [-0.25, -0.2) is 9.97 Å². The summed E-state index contributed by atoms with van der Waals surface area (Å²) in [7, 11) is 1.63. The van der Waals surface area contributed by atoms with E-state index in [1.165, 1.54) is 6.33 Å². The number of nitrogens with one attached hydrogen (secondary N) is 2. The summed E-state index contributed by atoms with van der Waals surface area (Å²) in [6.45, 7) is 1.54. The van der Waals surface area contributed by atoms with Gasteiger partial charge in [-0.3, -0.25) is 4.79 Å². The second-order valence-electron chi connectivity index (χ2n) is 5.41. The second-order valence-corrected chi connectivity index (χ2v) is 5.41. The smallest absolute Gasteiger partial charge is 0.159 e. The fourth-order valence-electron chi connectivity index (χ4n) is 2.31. The molecule has 0 bridgehead atoms. The molecule has 1 aromatic heterocycles. The number of carbonyl (C=O) groups excluding carboxylic acids is 1. The summed E-state index contributed by atoms with van der Waals surface area (Å²) < 4.78 is 5.21. The van der Waals surface area contributed by atoms with Crippen molar-refractivity contribution in [1.82, 2.24) is 9.97 Å². The highest BCUT2D eigenvalue weighted by molar-refractivity contribution is 5.95. The van der Waals surface area contributed by atoms with E-state index in [1.54, 1.807) is 32.2 Å². The van der Waals surface area contributed by atoms with Crippen molar-refractivity contribution in [3.63, 3.8) is 0 Å². The lowest BCUT2D eigenvalue weighted by atomic mass is 10.1. The van der Waals surface area contributed by atoms with Gasteiger partial charge in [0.1, 0.15) is 23.7 Å². The number of nitrogens with zero attached hydrogens (tertiary/aromatic N) is 2. The summed E-state index contributed by atoms with van der Waals surface area (Å²) in [6.07, 6.45) is 1.47. The first-order valence-electron chi connectivity index (χ1n) is 7.75. The lowest BCUT2D eigenvalue weighted by Gasteiger charge is -2.10. The number of aromatic nitrogens is 2. The molecule has 126 valence electrons. The van der Waals surface area contributed by atoms with Crippen molar-refractivity contribution in [1.29, 1.82) is 0 Å². The van der Waals surface area contributed by atoms with Crippen LogP contribution in [0.1, 0.15) is 17.3 Å². The molecular weight excluding hydrogens is 316 g/mol. The van der Waals surface area contributed by atoms with E-state index in [2.05, 4.69) is 20.6 Å². The maximum Gasteiger partial charge on any atom is 0.159 e. The summed E-state index contributed by atoms with van der Waals surface area (Å²) in [6, 6.07) is 16.6. The fraction of sp³-hybridized carbons (Fsp3) is 0.105. The van der Waals surface area contributed by atoms with Crippen LogP contribution in [0.3, 0.4) is 0 Å². The largest absolute Gasteiger partial charge is 0.497 e. The summed E-state index contributed by atoms with van der Waals surface area (Å²) in [5.74, 6) is 2.06. The number of ketones is 1. The highest BCUT2D eigenvalue weighted by Crippen LogP contribution is 2.22. The average Bonchev–Trinajstić information content (AvgIpc) is 2.62. The summed E-state index contributed by atoms with van der Waals surface area (Å²) >= 11 is 0. The fourth-order valence-corrected chi connectivity index (χ4v) is 2.31. The Balaban J connectivity index is 1.77. The van der Waals surface area contributed by atoms with Crippen LogP contribution in [0.15, 0.2) is 60.9 Å². The third-order valence-electron chi connectivity index (χ3n) is 3.55. The molecule has 3 rings (SSSR count). The predicted molar refractivity (Wildman–Crippen MR) is 98.0 cm³/mol. The Bertz CT molecular complexity index is 896. The molecule has 1 heterocycles. The minimum atomic E-state index is 0.0201. The van der Waals surface area contributed by atoms with Gasteiger partial charge in [-0.15, -0.1) is 0 Å². The molecule has 0 saturated carbocycles. The molecule has 6 nitrogen and oxygen atoms in total. The number of anilines is 4. The predicted octanol–water partition coefficient (Wildman–Crippen LogP) is 4.18. The van der Waals surface area contributed by atoms with Crippen LogP contribution in [-0.2, 0) is 0 Å². The number of rotatable bonds is 6. The van der Waals surface area contributed by atoms with Crippen LogP contribution in [0.2, 0.25) is 0 Å². The van der Waals surface area contributed by atoms with E-state index < -0.39 is 0 Å². The van der Waals surface area contributed by atoms with Gasteiger partial charge in [-0.1, -0.05) is 18.2 Å². The molecule has 0 aliphatic heterocycles.